The lowest BCUT2D eigenvalue weighted by Crippen LogP contribution is -2.10. The van der Waals surface area contributed by atoms with E-state index in [1.807, 2.05) is 6.07 Å². The van der Waals surface area contributed by atoms with Crippen LogP contribution in [0.15, 0.2) is 35.3 Å². The molecule has 0 bridgehead atoms. The molecule has 0 spiro atoms. The number of pyridine rings is 1. The molecule has 0 radical (unpaired) electrons. The molecule has 6 heteroatoms. The molecule has 0 fully saturated rings. The molecule has 2 aromatic heterocycles. The van der Waals surface area contributed by atoms with E-state index in [1.54, 1.807) is 12.5 Å². The molecule has 0 amide bonds. The zero-order chi connectivity index (χ0) is 13.0. The number of hydrogen-bond acceptors (Lipinski definition) is 6. The van der Waals surface area contributed by atoms with E-state index < -0.39 is 5.97 Å². The molecule has 0 aliphatic carbocycles. The smallest absolute Gasteiger partial charge is 0.340 e. The van der Waals surface area contributed by atoms with Crippen molar-refractivity contribution in [3.05, 3.63) is 42.0 Å². The van der Waals surface area contributed by atoms with Gasteiger partial charge in [0.2, 0.25) is 0 Å². The molecule has 0 atom stereocenters. The summed E-state index contributed by atoms with van der Waals surface area (Å²) in [7, 11) is 1.31. The number of nitrogen functional groups attached to an aromatic ring is 1. The van der Waals surface area contributed by atoms with Gasteiger partial charge in [-0.1, -0.05) is 0 Å². The van der Waals surface area contributed by atoms with E-state index in [2.05, 4.69) is 15.0 Å². The number of anilines is 2. The van der Waals surface area contributed by atoms with E-state index in [1.165, 1.54) is 19.4 Å². The normalized spacial score (nSPS) is 10.1. The molecule has 2 heterocycles. The number of rotatable bonds is 4. The van der Waals surface area contributed by atoms with Gasteiger partial charge in [0.15, 0.2) is 0 Å². The maximum Gasteiger partial charge on any atom is 0.340 e. The number of carbonyl (C=O) groups is 1. The van der Waals surface area contributed by atoms with Gasteiger partial charge in [-0.15, -0.1) is 0 Å². The molecular formula is C12H13N3O3. The number of nitrogens with two attached hydrogens (primary N) is 1. The van der Waals surface area contributed by atoms with Crippen LogP contribution in [0.2, 0.25) is 0 Å². The van der Waals surface area contributed by atoms with Gasteiger partial charge in [-0.2, -0.15) is 0 Å². The van der Waals surface area contributed by atoms with Gasteiger partial charge in [-0.25, -0.2) is 9.78 Å². The van der Waals surface area contributed by atoms with Gasteiger partial charge in [-0.05, 0) is 12.1 Å². The van der Waals surface area contributed by atoms with E-state index in [9.17, 15) is 4.79 Å². The number of esters is 1. The fourth-order valence-corrected chi connectivity index (χ4v) is 1.48. The van der Waals surface area contributed by atoms with Gasteiger partial charge in [0.1, 0.15) is 5.82 Å². The highest BCUT2D eigenvalue weighted by Gasteiger charge is 2.13. The highest BCUT2D eigenvalue weighted by atomic mass is 16.5. The fraction of sp³-hybridized carbons (Fsp3) is 0.167. The van der Waals surface area contributed by atoms with Crippen molar-refractivity contribution in [1.82, 2.24) is 4.98 Å². The van der Waals surface area contributed by atoms with Crippen LogP contribution in [0.25, 0.3) is 0 Å². The summed E-state index contributed by atoms with van der Waals surface area (Å²) in [6.45, 7) is 0.512. The van der Waals surface area contributed by atoms with Crippen molar-refractivity contribution in [3.8, 4) is 0 Å². The molecular weight excluding hydrogens is 234 g/mol. The average molecular weight is 247 g/mol. The summed E-state index contributed by atoms with van der Waals surface area (Å²) in [6.07, 6.45) is 4.70. The number of carbonyl (C=O) groups excluding carboxylic acids is 1. The van der Waals surface area contributed by atoms with E-state index in [0.717, 1.165) is 5.56 Å². The zero-order valence-corrected chi connectivity index (χ0v) is 9.84. The molecule has 0 saturated carbocycles. The van der Waals surface area contributed by atoms with E-state index in [4.69, 9.17) is 10.2 Å². The Balaban J connectivity index is 2.16. The first kappa shape index (κ1) is 12.0. The summed E-state index contributed by atoms with van der Waals surface area (Å²) < 4.78 is 9.58. The Hall–Kier alpha value is -2.50. The average Bonchev–Trinajstić information content (AvgIpc) is 2.90. The molecule has 2 aromatic rings. The standard InChI is InChI=1S/C12H13N3O3/c1-17-12(16)9-2-4-14-11(10(9)13)15-6-8-3-5-18-7-8/h2-5,7H,6,13H2,1H3,(H,14,15). The van der Waals surface area contributed by atoms with Crippen LogP contribution in [-0.2, 0) is 11.3 Å². The zero-order valence-electron chi connectivity index (χ0n) is 9.84. The van der Waals surface area contributed by atoms with Crippen LogP contribution in [0.4, 0.5) is 11.5 Å². The molecule has 0 aromatic carbocycles. The van der Waals surface area contributed by atoms with E-state index >= 15 is 0 Å². The molecule has 6 nitrogen and oxygen atoms in total. The minimum Gasteiger partial charge on any atom is -0.472 e. The summed E-state index contributed by atoms with van der Waals surface area (Å²) in [4.78, 5) is 15.5. The Morgan fingerprint density at radius 2 is 2.39 bits per heavy atom. The second-order valence-electron chi connectivity index (χ2n) is 3.60. The Kier molecular flexibility index (Phi) is 3.47. The number of aromatic nitrogens is 1. The van der Waals surface area contributed by atoms with Crippen molar-refractivity contribution in [2.45, 2.75) is 6.54 Å². The molecule has 3 N–H and O–H groups in total. The molecule has 94 valence electrons. The lowest BCUT2D eigenvalue weighted by Gasteiger charge is -2.09. The lowest BCUT2D eigenvalue weighted by molar-refractivity contribution is 0.0602. The van der Waals surface area contributed by atoms with Crippen LogP contribution in [0.5, 0.6) is 0 Å². The lowest BCUT2D eigenvalue weighted by atomic mass is 10.2. The van der Waals surface area contributed by atoms with Gasteiger partial charge in [-0.3, -0.25) is 0 Å². The number of furan rings is 1. The first-order chi connectivity index (χ1) is 8.72. The second kappa shape index (κ2) is 5.22. The monoisotopic (exact) mass is 247 g/mol. The Morgan fingerprint density at radius 1 is 1.56 bits per heavy atom. The quantitative estimate of drug-likeness (QED) is 0.798. The summed E-state index contributed by atoms with van der Waals surface area (Å²) >= 11 is 0. The highest BCUT2D eigenvalue weighted by molar-refractivity contribution is 5.97. The summed E-state index contributed by atoms with van der Waals surface area (Å²) in [6, 6.07) is 3.34. The third kappa shape index (κ3) is 2.42. The van der Waals surface area contributed by atoms with E-state index in [-0.39, 0.29) is 5.69 Å². The van der Waals surface area contributed by atoms with Gasteiger partial charge in [0.25, 0.3) is 0 Å². The number of hydrogen-bond donors (Lipinski definition) is 2. The Labute approximate surface area is 104 Å². The molecule has 18 heavy (non-hydrogen) atoms. The number of ether oxygens (including phenoxy) is 1. The van der Waals surface area contributed by atoms with Crippen molar-refractivity contribution in [3.63, 3.8) is 0 Å². The van der Waals surface area contributed by atoms with Crippen molar-refractivity contribution in [2.75, 3.05) is 18.2 Å². The van der Waals surface area contributed by atoms with Crippen LogP contribution in [0.1, 0.15) is 15.9 Å². The van der Waals surface area contributed by atoms with Crippen LogP contribution in [0, 0.1) is 0 Å². The third-order valence-electron chi connectivity index (χ3n) is 2.44. The topological polar surface area (TPSA) is 90.4 Å². The SMILES string of the molecule is COC(=O)c1ccnc(NCc2ccoc2)c1N. The largest absolute Gasteiger partial charge is 0.472 e. The Morgan fingerprint density at radius 3 is 3.06 bits per heavy atom. The second-order valence-corrected chi connectivity index (χ2v) is 3.60. The van der Waals surface area contributed by atoms with Crippen molar-refractivity contribution in [2.24, 2.45) is 0 Å². The first-order valence-corrected chi connectivity index (χ1v) is 5.30. The minimum absolute atomic E-state index is 0.271. The van der Waals surface area contributed by atoms with Gasteiger partial charge < -0.3 is 20.2 Å². The summed E-state index contributed by atoms with van der Waals surface area (Å²) in [5.74, 6) is -0.0413. The van der Waals surface area contributed by atoms with Crippen LogP contribution in [0.3, 0.4) is 0 Å². The first-order valence-electron chi connectivity index (χ1n) is 5.30. The highest BCUT2D eigenvalue weighted by Crippen LogP contribution is 2.21. The third-order valence-corrected chi connectivity index (χ3v) is 2.44. The Bertz CT molecular complexity index is 538. The maximum absolute atomic E-state index is 11.4. The van der Waals surface area contributed by atoms with Gasteiger partial charge in [0, 0.05) is 18.3 Å². The molecule has 0 aliphatic rings. The number of nitrogens with zero attached hydrogens (tertiary/aromatic N) is 1. The maximum atomic E-state index is 11.4. The molecule has 2 rings (SSSR count). The van der Waals surface area contributed by atoms with Crippen molar-refractivity contribution < 1.29 is 13.9 Å². The number of nitrogens with one attached hydrogen (secondary N) is 1. The summed E-state index contributed by atoms with van der Waals surface area (Å²) in [5, 5.41) is 3.03. The van der Waals surface area contributed by atoms with E-state index in [0.29, 0.717) is 17.9 Å². The summed E-state index contributed by atoms with van der Waals surface area (Å²) in [5.41, 5.74) is 7.37. The molecule has 0 saturated heterocycles. The van der Waals surface area contributed by atoms with Crippen molar-refractivity contribution >= 4 is 17.5 Å². The molecule has 0 aliphatic heterocycles. The van der Waals surface area contributed by atoms with Gasteiger partial charge in [0.05, 0.1) is 30.9 Å². The molecule has 0 unspecified atom stereocenters. The van der Waals surface area contributed by atoms with Crippen LogP contribution >= 0.6 is 0 Å². The van der Waals surface area contributed by atoms with Crippen LogP contribution < -0.4 is 11.1 Å². The van der Waals surface area contributed by atoms with Crippen molar-refractivity contribution in [1.29, 1.82) is 0 Å². The predicted molar refractivity (Wildman–Crippen MR) is 66.0 cm³/mol. The minimum atomic E-state index is -0.485. The fourth-order valence-electron chi connectivity index (χ4n) is 1.48. The van der Waals surface area contributed by atoms with Gasteiger partial charge >= 0.3 is 5.97 Å². The van der Waals surface area contributed by atoms with Crippen LogP contribution in [-0.4, -0.2) is 18.1 Å². The number of methoxy groups -OCH3 is 1. The predicted octanol–water partition coefficient (Wildman–Crippen LogP) is 1.66.